The summed E-state index contributed by atoms with van der Waals surface area (Å²) >= 11 is 0. The molecule has 5 nitrogen and oxygen atoms in total. The van der Waals surface area contributed by atoms with Gasteiger partial charge in [0.05, 0.1) is 26.4 Å². The summed E-state index contributed by atoms with van der Waals surface area (Å²) in [6, 6.07) is 0. The van der Waals surface area contributed by atoms with Gasteiger partial charge in [-0.3, -0.25) is 4.79 Å². The molecule has 0 saturated carbocycles. The Morgan fingerprint density at radius 3 is 2.50 bits per heavy atom. The van der Waals surface area contributed by atoms with Gasteiger partial charge in [0.1, 0.15) is 0 Å². The Kier molecular flexibility index (Phi) is 8.81. The molecule has 1 aliphatic rings. The van der Waals surface area contributed by atoms with Crippen LogP contribution in [0.15, 0.2) is 0 Å². The van der Waals surface area contributed by atoms with E-state index in [-0.39, 0.29) is 5.91 Å². The lowest BCUT2D eigenvalue weighted by molar-refractivity contribution is -0.130. The molecule has 18 heavy (non-hydrogen) atoms. The number of hydrogen-bond acceptors (Lipinski definition) is 4. The van der Waals surface area contributed by atoms with Crippen molar-refractivity contribution < 1.29 is 14.3 Å². The maximum Gasteiger partial charge on any atom is 0.236 e. The average Bonchev–Trinajstić information content (AvgIpc) is 2.66. The number of likely N-dealkylation sites (tertiary alicyclic amines) is 1. The van der Waals surface area contributed by atoms with Crippen molar-refractivity contribution in [3.63, 3.8) is 0 Å². The van der Waals surface area contributed by atoms with E-state index in [2.05, 4.69) is 5.32 Å². The van der Waals surface area contributed by atoms with Gasteiger partial charge in [-0.15, -0.1) is 0 Å². The van der Waals surface area contributed by atoms with Crippen molar-refractivity contribution in [1.82, 2.24) is 10.2 Å². The third-order valence-corrected chi connectivity index (χ3v) is 3.09. The molecule has 0 aromatic carbocycles. The first-order chi connectivity index (χ1) is 8.84. The summed E-state index contributed by atoms with van der Waals surface area (Å²) in [4.78, 5) is 13.9. The molecule has 0 atom stereocenters. The Hall–Kier alpha value is -0.650. The molecule has 0 aliphatic carbocycles. The van der Waals surface area contributed by atoms with Crippen LogP contribution in [-0.4, -0.2) is 63.9 Å². The maximum absolute atomic E-state index is 11.9. The van der Waals surface area contributed by atoms with E-state index in [0.717, 1.165) is 25.9 Å². The van der Waals surface area contributed by atoms with E-state index in [0.29, 0.717) is 32.9 Å². The minimum atomic E-state index is 0.216. The van der Waals surface area contributed by atoms with Crippen molar-refractivity contribution in [3.05, 3.63) is 0 Å². The highest BCUT2D eigenvalue weighted by molar-refractivity contribution is 5.78. The Labute approximate surface area is 110 Å². The normalized spacial score (nSPS) is 16.6. The molecule has 0 bridgehead atoms. The second-order valence-electron chi connectivity index (χ2n) is 4.58. The summed E-state index contributed by atoms with van der Waals surface area (Å²) < 4.78 is 10.2. The van der Waals surface area contributed by atoms with Crippen LogP contribution in [0.4, 0.5) is 0 Å². The SMILES string of the molecule is COCCOCCNCC(=O)N1CCCCCC1. The van der Waals surface area contributed by atoms with Gasteiger partial charge in [-0.1, -0.05) is 12.8 Å². The van der Waals surface area contributed by atoms with Crippen molar-refractivity contribution in [2.45, 2.75) is 25.7 Å². The molecule has 0 spiro atoms. The van der Waals surface area contributed by atoms with Crippen LogP contribution < -0.4 is 5.32 Å². The molecular weight excluding hydrogens is 232 g/mol. The largest absolute Gasteiger partial charge is 0.382 e. The fourth-order valence-electron chi connectivity index (χ4n) is 2.02. The molecule has 1 amide bonds. The van der Waals surface area contributed by atoms with Crippen molar-refractivity contribution in [3.8, 4) is 0 Å². The average molecular weight is 258 g/mol. The predicted molar refractivity (Wildman–Crippen MR) is 70.6 cm³/mol. The number of ether oxygens (including phenoxy) is 2. The molecule has 0 aromatic rings. The molecule has 1 aliphatic heterocycles. The van der Waals surface area contributed by atoms with Gasteiger partial charge in [-0.2, -0.15) is 0 Å². The second-order valence-corrected chi connectivity index (χ2v) is 4.58. The summed E-state index contributed by atoms with van der Waals surface area (Å²) in [5.74, 6) is 0.216. The Bertz CT molecular complexity index is 216. The fourth-order valence-corrected chi connectivity index (χ4v) is 2.02. The first-order valence-electron chi connectivity index (χ1n) is 6.90. The van der Waals surface area contributed by atoms with Crippen LogP contribution in [0.3, 0.4) is 0 Å². The Balaban J connectivity index is 1.98. The van der Waals surface area contributed by atoms with Crippen LogP contribution >= 0.6 is 0 Å². The lowest BCUT2D eigenvalue weighted by atomic mass is 10.2. The number of methoxy groups -OCH3 is 1. The van der Waals surface area contributed by atoms with Crippen LogP contribution in [0.2, 0.25) is 0 Å². The van der Waals surface area contributed by atoms with E-state index in [4.69, 9.17) is 9.47 Å². The van der Waals surface area contributed by atoms with Gasteiger partial charge >= 0.3 is 0 Å². The van der Waals surface area contributed by atoms with Crippen molar-refractivity contribution in [1.29, 1.82) is 0 Å². The number of nitrogens with one attached hydrogen (secondary N) is 1. The summed E-state index contributed by atoms with van der Waals surface area (Å²) in [6.45, 7) is 4.83. The molecule has 5 heteroatoms. The quantitative estimate of drug-likeness (QED) is 0.649. The first-order valence-corrected chi connectivity index (χ1v) is 6.90. The Morgan fingerprint density at radius 2 is 1.83 bits per heavy atom. The van der Waals surface area contributed by atoms with Gasteiger partial charge in [0.2, 0.25) is 5.91 Å². The van der Waals surface area contributed by atoms with Crippen molar-refractivity contribution in [2.75, 3.05) is 53.1 Å². The highest BCUT2D eigenvalue weighted by Gasteiger charge is 2.14. The van der Waals surface area contributed by atoms with E-state index in [1.165, 1.54) is 12.8 Å². The summed E-state index contributed by atoms with van der Waals surface area (Å²) in [7, 11) is 1.65. The van der Waals surface area contributed by atoms with E-state index in [1.54, 1.807) is 7.11 Å². The third-order valence-electron chi connectivity index (χ3n) is 3.09. The molecule has 106 valence electrons. The van der Waals surface area contributed by atoms with Crippen molar-refractivity contribution in [2.24, 2.45) is 0 Å². The van der Waals surface area contributed by atoms with E-state index < -0.39 is 0 Å². The van der Waals surface area contributed by atoms with Crippen LogP contribution in [0.1, 0.15) is 25.7 Å². The van der Waals surface area contributed by atoms with Gasteiger partial charge in [-0.25, -0.2) is 0 Å². The number of amides is 1. The molecule has 1 saturated heterocycles. The van der Waals surface area contributed by atoms with Crippen LogP contribution in [0.25, 0.3) is 0 Å². The zero-order valence-electron chi connectivity index (χ0n) is 11.5. The molecule has 0 unspecified atom stereocenters. The summed E-state index contributed by atoms with van der Waals surface area (Å²) in [5, 5.41) is 3.12. The number of hydrogen-bond donors (Lipinski definition) is 1. The first kappa shape index (κ1) is 15.4. The van der Waals surface area contributed by atoms with Crippen molar-refractivity contribution >= 4 is 5.91 Å². The zero-order chi connectivity index (χ0) is 13.1. The number of carbonyl (C=O) groups is 1. The lowest BCUT2D eigenvalue weighted by Gasteiger charge is -2.20. The third kappa shape index (κ3) is 6.93. The molecule has 0 radical (unpaired) electrons. The van der Waals surface area contributed by atoms with Crippen LogP contribution in [0, 0.1) is 0 Å². The van der Waals surface area contributed by atoms with Gasteiger partial charge in [0.25, 0.3) is 0 Å². The number of rotatable bonds is 8. The van der Waals surface area contributed by atoms with Gasteiger partial charge < -0.3 is 19.7 Å². The van der Waals surface area contributed by atoms with Gasteiger partial charge in [-0.05, 0) is 12.8 Å². The summed E-state index contributed by atoms with van der Waals surface area (Å²) in [5.41, 5.74) is 0. The highest BCUT2D eigenvalue weighted by Crippen LogP contribution is 2.09. The standard InChI is InChI=1S/C13H26N2O3/c1-17-10-11-18-9-6-14-12-13(16)15-7-4-2-3-5-8-15/h14H,2-12H2,1H3. The molecule has 0 aromatic heterocycles. The fraction of sp³-hybridized carbons (Fsp3) is 0.923. The monoisotopic (exact) mass is 258 g/mol. The van der Waals surface area contributed by atoms with Crippen LogP contribution in [-0.2, 0) is 14.3 Å². The molecule has 1 fully saturated rings. The minimum Gasteiger partial charge on any atom is -0.382 e. The minimum absolute atomic E-state index is 0.216. The number of nitrogens with zero attached hydrogens (tertiary/aromatic N) is 1. The predicted octanol–water partition coefficient (Wildman–Crippen LogP) is 0.642. The van der Waals surface area contributed by atoms with Gasteiger partial charge in [0.15, 0.2) is 0 Å². The molecular formula is C13H26N2O3. The van der Waals surface area contributed by atoms with E-state index in [9.17, 15) is 4.79 Å². The number of carbonyl (C=O) groups excluding carboxylic acids is 1. The Morgan fingerprint density at radius 1 is 1.11 bits per heavy atom. The summed E-state index contributed by atoms with van der Waals surface area (Å²) in [6.07, 6.45) is 4.80. The molecule has 1 rings (SSSR count). The van der Waals surface area contributed by atoms with E-state index in [1.807, 2.05) is 4.90 Å². The topological polar surface area (TPSA) is 50.8 Å². The molecule has 1 heterocycles. The second kappa shape index (κ2) is 10.3. The maximum atomic E-state index is 11.9. The van der Waals surface area contributed by atoms with E-state index >= 15 is 0 Å². The van der Waals surface area contributed by atoms with Gasteiger partial charge in [0, 0.05) is 26.7 Å². The molecule has 1 N–H and O–H groups in total. The zero-order valence-corrected chi connectivity index (χ0v) is 11.5. The lowest BCUT2D eigenvalue weighted by Crippen LogP contribution is -2.39. The van der Waals surface area contributed by atoms with Crippen LogP contribution in [0.5, 0.6) is 0 Å². The highest BCUT2D eigenvalue weighted by atomic mass is 16.5. The smallest absolute Gasteiger partial charge is 0.236 e.